The number of halogens is 3. The molecule has 1 aliphatic rings. The van der Waals surface area contributed by atoms with Gasteiger partial charge in [0.1, 0.15) is 5.78 Å². The van der Waals surface area contributed by atoms with Crippen LogP contribution in [0.2, 0.25) is 0 Å². The Morgan fingerprint density at radius 2 is 1.78 bits per heavy atom. The summed E-state index contributed by atoms with van der Waals surface area (Å²) >= 11 is 0. The summed E-state index contributed by atoms with van der Waals surface area (Å²) in [6.45, 7) is 0.326. The van der Waals surface area contributed by atoms with E-state index in [9.17, 15) is 18.0 Å². The van der Waals surface area contributed by atoms with Gasteiger partial charge < -0.3 is 5.73 Å². The predicted molar refractivity (Wildman–Crippen MR) is 60.9 cm³/mol. The van der Waals surface area contributed by atoms with E-state index in [4.69, 9.17) is 5.73 Å². The van der Waals surface area contributed by atoms with Crippen molar-refractivity contribution < 1.29 is 18.0 Å². The maximum absolute atomic E-state index is 12.4. The number of hydrogen-bond acceptors (Lipinski definition) is 2. The SMILES string of the molecule is NCC1(C(=O)Cc2ccc(C(F)(F)F)cc2)CC1. The van der Waals surface area contributed by atoms with Crippen LogP contribution >= 0.6 is 0 Å². The van der Waals surface area contributed by atoms with Gasteiger partial charge in [0, 0.05) is 18.4 Å². The Morgan fingerprint density at radius 1 is 1.22 bits per heavy atom. The van der Waals surface area contributed by atoms with Crippen LogP contribution in [0.5, 0.6) is 0 Å². The van der Waals surface area contributed by atoms with E-state index in [0.29, 0.717) is 12.1 Å². The molecule has 0 saturated heterocycles. The molecule has 0 aliphatic heterocycles. The third kappa shape index (κ3) is 2.56. The number of ketones is 1. The molecule has 0 unspecified atom stereocenters. The van der Waals surface area contributed by atoms with E-state index in [1.54, 1.807) is 0 Å². The first kappa shape index (κ1) is 13.1. The van der Waals surface area contributed by atoms with Crippen molar-refractivity contribution in [2.24, 2.45) is 11.1 Å². The maximum Gasteiger partial charge on any atom is 0.416 e. The number of rotatable bonds is 4. The van der Waals surface area contributed by atoms with Crippen molar-refractivity contribution in [2.75, 3.05) is 6.54 Å². The van der Waals surface area contributed by atoms with Gasteiger partial charge in [-0.15, -0.1) is 0 Å². The summed E-state index contributed by atoms with van der Waals surface area (Å²) in [4.78, 5) is 11.9. The van der Waals surface area contributed by atoms with Crippen LogP contribution in [0.4, 0.5) is 13.2 Å². The second-order valence-electron chi connectivity index (χ2n) is 4.78. The van der Waals surface area contributed by atoms with E-state index < -0.39 is 17.2 Å². The first-order valence-electron chi connectivity index (χ1n) is 5.77. The van der Waals surface area contributed by atoms with E-state index >= 15 is 0 Å². The summed E-state index contributed by atoms with van der Waals surface area (Å²) in [5.41, 5.74) is 5.04. The molecule has 1 fully saturated rings. The molecular formula is C13H14F3NO. The molecule has 1 aromatic carbocycles. The highest BCUT2D eigenvalue weighted by Gasteiger charge is 2.47. The van der Waals surface area contributed by atoms with Gasteiger partial charge in [-0.3, -0.25) is 4.79 Å². The smallest absolute Gasteiger partial charge is 0.329 e. The Morgan fingerprint density at radius 3 is 2.17 bits per heavy atom. The van der Waals surface area contributed by atoms with Crippen LogP contribution in [0.3, 0.4) is 0 Å². The lowest BCUT2D eigenvalue weighted by molar-refractivity contribution is -0.137. The molecule has 2 rings (SSSR count). The first-order chi connectivity index (χ1) is 8.37. The fraction of sp³-hybridized carbons (Fsp3) is 0.462. The lowest BCUT2D eigenvalue weighted by atomic mass is 9.95. The van der Waals surface area contributed by atoms with Crippen LogP contribution < -0.4 is 5.73 Å². The summed E-state index contributed by atoms with van der Waals surface area (Å²) in [5.74, 6) is 0.0322. The standard InChI is InChI=1S/C13H14F3NO/c14-13(15,16)10-3-1-9(2-4-10)7-11(18)12(8-17)5-6-12/h1-4H,5-8,17H2. The Kier molecular flexibility index (Phi) is 3.19. The summed E-state index contributed by atoms with van der Waals surface area (Å²) in [5, 5.41) is 0. The Bertz CT molecular complexity index is 446. The van der Waals surface area contributed by atoms with Gasteiger partial charge in [0.15, 0.2) is 0 Å². The zero-order chi connectivity index (χ0) is 13.4. The number of carbonyl (C=O) groups is 1. The van der Waals surface area contributed by atoms with Gasteiger partial charge >= 0.3 is 6.18 Å². The Balaban J connectivity index is 2.05. The molecule has 0 bridgehead atoms. The topological polar surface area (TPSA) is 43.1 Å². The van der Waals surface area contributed by atoms with Crippen molar-refractivity contribution in [3.63, 3.8) is 0 Å². The largest absolute Gasteiger partial charge is 0.416 e. The van der Waals surface area contributed by atoms with Crippen LogP contribution in [-0.2, 0) is 17.4 Å². The number of benzene rings is 1. The molecule has 0 aromatic heterocycles. The molecule has 0 radical (unpaired) electrons. The molecule has 2 nitrogen and oxygen atoms in total. The van der Waals surface area contributed by atoms with E-state index in [1.807, 2.05) is 0 Å². The van der Waals surface area contributed by atoms with E-state index in [-0.39, 0.29) is 12.2 Å². The third-order valence-corrected chi connectivity index (χ3v) is 3.48. The number of Topliss-reactive ketones (excluding diaryl/α,β-unsaturated/α-hetero) is 1. The van der Waals surface area contributed by atoms with Gasteiger partial charge in [0.05, 0.1) is 5.56 Å². The number of hydrogen-bond donors (Lipinski definition) is 1. The monoisotopic (exact) mass is 257 g/mol. The van der Waals surface area contributed by atoms with Crippen LogP contribution in [0, 0.1) is 5.41 Å². The maximum atomic E-state index is 12.4. The minimum Gasteiger partial charge on any atom is -0.329 e. The second-order valence-corrected chi connectivity index (χ2v) is 4.78. The Labute approximate surface area is 103 Å². The van der Waals surface area contributed by atoms with E-state index in [2.05, 4.69) is 0 Å². The van der Waals surface area contributed by atoms with E-state index in [1.165, 1.54) is 12.1 Å². The molecule has 18 heavy (non-hydrogen) atoms. The van der Waals surface area contributed by atoms with Crippen molar-refractivity contribution in [2.45, 2.75) is 25.4 Å². The molecule has 98 valence electrons. The lowest BCUT2D eigenvalue weighted by Crippen LogP contribution is -2.26. The van der Waals surface area contributed by atoms with Gasteiger partial charge in [-0.1, -0.05) is 12.1 Å². The molecule has 0 spiro atoms. The van der Waals surface area contributed by atoms with Gasteiger partial charge in [0.25, 0.3) is 0 Å². The highest BCUT2D eigenvalue weighted by molar-refractivity contribution is 5.89. The molecule has 5 heteroatoms. The van der Waals surface area contributed by atoms with Crippen molar-refractivity contribution in [3.8, 4) is 0 Å². The van der Waals surface area contributed by atoms with Gasteiger partial charge in [-0.05, 0) is 30.5 Å². The highest BCUT2D eigenvalue weighted by atomic mass is 19.4. The molecule has 1 aliphatic carbocycles. The van der Waals surface area contributed by atoms with Crippen LogP contribution in [-0.4, -0.2) is 12.3 Å². The predicted octanol–water partition coefficient (Wildman–Crippen LogP) is 2.56. The van der Waals surface area contributed by atoms with Crippen molar-refractivity contribution in [3.05, 3.63) is 35.4 Å². The molecule has 1 aromatic rings. The Hall–Kier alpha value is -1.36. The molecule has 2 N–H and O–H groups in total. The lowest BCUT2D eigenvalue weighted by Gasteiger charge is -2.11. The summed E-state index contributed by atoms with van der Waals surface area (Å²) in [6.07, 6.45) is -2.58. The molecular weight excluding hydrogens is 243 g/mol. The fourth-order valence-electron chi connectivity index (χ4n) is 1.93. The minimum absolute atomic E-state index is 0.0322. The van der Waals surface area contributed by atoms with E-state index in [0.717, 1.165) is 25.0 Å². The van der Waals surface area contributed by atoms with Crippen molar-refractivity contribution in [1.29, 1.82) is 0 Å². The quantitative estimate of drug-likeness (QED) is 0.900. The number of carbonyl (C=O) groups excluding carboxylic acids is 1. The molecule has 1 saturated carbocycles. The zero-order valence-corrected chi connectivity index (χ0v) is 9.76. The molecule has 0 atom stereocenters. The highest BCUT2D eigenvalue weighted by Crippen LogP contribution is 2.46. The van der Waals surface area contributed by atoms with Crippen LogP contribution in [0.25, 0.3) is 0 Å². The zero-order valence-electron chi connectivity index (χ0n) is 9.76. The average Bonchev–Trinajstić information content (AvgIpc) is 3.09. The summed E-state index contributed by atoms with van der Waals surface area (Å²) in [6, 6.07) is 4.72. The average molecular weight is 257 g/mol. The van der Waals surface area contributed by atoms with Crippen LogP contribution in [0.1, 0.15) is 24.0 Å². The number of alkyl halides is 3. The summed E-state index contributed by atoms with van der Waals surface area (Å²) < 4.78 is 37.1. The van der Waals surface area contributed by atoms with Crippen molar-refractivity contribution >= 4 is 5.78 Å². The normalized spacial score (nSPS) is 17.6. The van der Waals surface area contributed by atoms with Gasteiger partial charge in [-0.2, -0.15) is 13.2 Å². The van der Waals surface area contributed by atoms with Crippen molar-refractivity contribution in [1.82, 2.24) is 0 Å². The second kappa shape index (κ2) is 4.39. The van der Waals surface area contributed by atoms with Gasteiger partial charge in [0.2, 0.25) is 0 Å². The first-order valence-corrected chi connectivity index (χ1v) is 5.77. The fourth-order valence-corrected chi connectivity index (χ4v) is 1.93. The summed E-state index contributed by atoms with van der Waals surface area (Å²) in [7, 11) is 0. The third-order valence-electron chi connectivity index (χ3n) is 3.48. The van der Waals surface area contributed by atoms with Crippen LogP contribution in [0.15, 0.2) is 24.3 Å². The number of nitrogens with two attached hydrogens (primary N) is 1. The molecule has 0 amide bonds. The minimum atomic E-state index is -4.34. The van der Waals surface area contributed by atoms with Gasteiger partial charge in [-0.25, -0.2) is 0 Å². The molecule has 0 heterocycles.